The molecule has 2 heterocycles. The zero-order valence-electron chi connectivity index (χ0n) is 8.36. The van der Waals surface area contributed by atoms with Gasteiger partial charge in [-0.1, -0.05) is 0 Å². The average Bonchev–Trinajstić information content (AvgIpc) is 2.80. The Morgan fingerprint density at radius 1 is 1.67 bits per heavy atom. The minimum absolute atomic E-state index is 0.0985. The Morgan fingerprint density at radius 2 is 2.60 bits per heavy atom. The van der Waals surface area contributed by atoms with Crippen LogP contribution in [0.5, 0.6) is 0 Å². The lowest BCUT2D eigenvalue weighted by Gasteiger charge is -2.22. The first-order valence-electron chi connectivity index (χ1n) is 4.98. The number of ether oxygens (including phenoxy) is 1. The molecule has 82 valence electrons. The molecule has 1 aromatic heterocycles. The standard InChI is InChI=1S/C10H14N2O3/c13-10(9-7-11-3-5-15-9)12-6-8-2-1-4-14-8/h1-2,4,9,11H,3,5-7H2,(H,12,13). The van der Waals surface area contributed by atoms with Gasteiger partial charge in [0.15, 0.2) is 0 Å². The number of carbonyl (C=O) groups excluding carboxylic acids is 1. The molecular weight excluding hydrogens is 196 g/mol. The number of amides is 1. The molecule has 5 heteroatoms. The molecule has 0 bridgehead atoms. The highest BCUT2D eigenvalue weighted by molar-refractivity contribution is 5.81. The molecule has 1 unspecified atom stereocenters. The fraction of sp³-hybridized carbons (Fsp3) is 0.500. The van der Waals surface area contributed by atoms with Crippen molar-refractivity contribution in [1.29, 1.82) is 0 Å². The monoisotopic (exact) mass is 210 g/mol. The Balaban J connectivity index is 1.76. The van der Waals surface area contributed by atoms with Gasteiger partial charge in [0.2, 0.25) is 0 Å². The quantitative estimate of drug-likeness (QED) is 0.730. The van der Waals surface area contributed by atoms with Crippen LogP contribution in [-0.4, -0.2) is 31.7 Å². The van der Waals surface area contributed by atoms with Crippen LogP contribution >= 0.6 is 0 Å². The molecule has 1 saturated heterocycles. The van der Waals surface area contributed by atoms with Gasteiger partial charge in [-0.05, 0) is 12.1 Å². The molecule has 1 fully saturated rings. The van der Waals surface area contributed by atoms with Crippen molar-refractivity contribution in [3.63, 3.8) is 0 Å². The third-order valence-corrected chi connectivity index (χ3v) is 2.24. The van der Waals surface area contributed by atoms with Gasteiger partial charge >= 0.3 is 0 Å². The highest BCUT2D eigenvalue weighted by Crippen LogP contribution is 2.00. The smallest absolute Gasteiger partial charge is 0.250 e. The fourth-order valence-electron chi connectivity index (χ4n) is 1.44. The van der Waals surface area contributed by atoms with Crippen molar-refractivity contribution in [3.8, 4) is 0 Å². The van der Waals surface area contributed by atoms with E-state index in [2.05, 4.69) is 10.6 Å². The Hall–Kier alpha value is -1.33. The minimum atomic E-state index is -0.381. The maximum Gasteiger partial charge on any atom is 0.250 e. The molecule has 1 aromatic rings. The molecule has 2 rings (SSSR count). The predicted octanol–water partition coefficient (Wildman–Crippen LogP) is -0.116. The molecule has 0 saturated carbocycles. The van der Waals surface area contributed by atoms with Gasteiger partial charge in [0.25, 0.3) is 5.91 Å². The van der Waals surface area contributed by atoms with Crippen LogP contribution in [0.3, 0.4) is 0 Å². The summed E-state index contributed by atoms with van der Waals surface area (Å²) in [4.78, 5) is 11.6. The van der Waals surface area contributed by atoms with Crippen LogP contribution in [0.2, 0.25) is 0 Å². The van der Waals surface area contributed by atoms with Gasteiger partial charge in [-0.3, -0.25) is 4.79 Å². The van der Waals surface area contributed by atoms with Crippen LogP contribution in [0, 0.1) is 0 Å². The summed E-state index contributed by atoms with van der Waals surface area (Å²) in [7, 11) is 0. The average molecular weight is 210 g/mol. The van der Waals surface area contributed by atoms with Crippen molar-refractivity contribution < 1.29 is 13.9 Å². The summed E-state index contributed by atoms with van der Waals surface area (Å²) in [6.45, 7) is 2.37. The third kappa shape index (κ3) is 2.81. The van der Waals surface area contributed by atoms with Gasteiger partial charge in [-0.2, -0.15) is 0 Å². The Kier molecular flexibility index (Phi) is 3.37. The number of carbonyl (C=O) groups is 1. The molecule has 2 N–H and O–H groups in total. The third-order valence-electron chi connectivity index (χ3n) is 2.24. The van der Waals surface area contributed by atoms with E-state index in [1.165, 1.54) is 0 Å². The Bertz CT molecular complexity index is 304. The van der Waals surface area contributed by atoms with Crippen LogP contribution in [0.4, 0.5) is 0 Å². The fourth-order valence-corrected chi connectivity index (χ4v) is 1.44. The molecular formula is C10H14N2O3. The van der Waals surface area contributed by atoms with Crippen LogP contribution in [0.1, 0.15) is 5.76 Å². The molecule has 1 atom stereocenters. The van der Waals surface area contributed by atoms with Crippen LogP contribution in [0.15, 0.2) is 22.8 Å². The largest absolute Gasteiger partial charge is 0.467 e. The van der Waals surface area contributed by atoms with Crippen molar-refractivity contribution in [2.75, 3.05) is 19.7 Å². The number of hydrogen-bond acceptors (Lipinski definition) is 4. The minimum Gasteiger partial charge on any atom is -0.467 e. The summed E-state index contributed by atoms with van der Waals surface area (Å²) in [5.74, 6) is 0.644. The summed E-state index contributed by atoms with van der Waals surface area (Å²) in [6.07, 6.45) is 1.20. The molecule has 15 heavy (non-hydrogen) atoms. The first-order valence-corrected chi connectivity index (χ1v) is 4.98. The van der Waals surface area contributed by atoms with E-state index in [-0.39, 0.29) is 12.0 Å². The number of furan rings is 1. The topological polar surface area (TPSA) is 63.5 Å². The van der Waals surface area contributed by atoms with E-state index in [1.807, 2.05) is 6.07 Å². The van der Waals surface area contributed by atoms with Gasteiger partial charge in [-0.15, -0.1) is 0 Å². The van der Waals surface area contributed by atoms with E-state index in [1.54, 1.807) is 12.3 Å². The Morgan fingerprint density at radius 3 is 3.27 bits per heavy atom. The second kappa shape index (κ2) is 4.95. The molecule has 0 radical (unpaired) electrons. The van der Waals surface area contributed by atoms with Gasteiger partial charge < -0.3 is 19.8 Å². The maximum absolute atomic E-state index is 11.6. The van der Waals surface area contributed by atoms with Crippen LogP contribution < -0.4 is 10.6 Å². The summed E-state index contributed by atoms with van der Waals surface area (Å²) in [5.41, 5.74) is 0. The van der Waals surface area contributed by atoms with Gasteiger partial charge in [0, 0.05) is 13.1 Å². The molecule has 1 aliphatic heterocycles. The van der Waals surface area contributed by atoms with E-state index in [9.17, 15) is 4.79 Å². The summed E-state index contributed by atoms with van der Waals surface area (Å²) in [5, 5.41) is 5.86. The van der Waals surface area contributed by atoms with E-state index < -0.39 is 0 Å². The SMILES string of the molecule is O=C(NCc1ccco1)C1CNCCO1. The van der Waals surface area contributed by atoms with E-state index in [0.29, 0.717) is 19.7 Å². The second-order valence-corrected chi connectivity index (χ2v) is 3.36. The summed E-state index contributed by atoms with van der Waals surface area (Å²) < 4.78 is 10.4. The highest BCUT2D eigenvalue weighted by atomic mass is 16.5. The van der Waals surface area contributed by atoms with Crippen molar-refractivity contribution in [2.24, 2.45) is 0 Å². The van der Waals surface area contributed by atoms with Crippen LogP contribution in [0.25, 0.3) is 0 Å². The number of nitrogens with one attached hydrogen (secondary N) is 2. The van der Waals surface area contributed by atoms with Crippen molar-refractivity contribution in [3.05, 3.63) is 24.2 Å². The van der Waals surface area contributed by atoms with E-state index in [4.69, 9.17) is 9.15 Å². The van der Waals surface area contributed by atoms with Crippen molar-refractivity contribution in [1.82, 2.24) is 10.6 Å². The number of morpholine rings is 1. The molecule has 1 amide bonds. The highest BCUT2D eigenvalue weighted by Gasteiger charge is 2.21. The first kappa shape index (κ1) is 10.2. The maximum atomic E-state index is 11.6. The zero-order valence-corrected chi connectivity index (χ0v) is 8.36. The number of hydrogen-bond donors (Lipinski definition) is 2. The summed E-state index contributed by atoms with van der Waals surface area (Å²) in [6, 6.07) is 3.61. The zero-order chi connectivity index (χ0) is 10.5. The van der Waals surface area contributed by atoms with E-state index in [0.717, 1.165) is 12.3 Å². The molecule has 0 aliphatic carbocycles. The van der Waals surface area contributed by atoms with Crippen molar-refractivity contribution in [2.45, 2.75) is 12.6 Å². The van der Waals surface area contributed by atoms with E-state index >= 15 is 0 Å². The lowest BCUT2D eigenvalue weighted by Crippen LogP contribution is -2.47. The van der Waals surface area contributed by atoms with Crippen LogP contribution in [-0.2, 0) is 16.1 Å². The van der Waals surface area contributed by atoms with Gasteiger partial charge in [-0.25, -0.2) is 0 Å². The number of rotatable bonds is 3. The summed E-state index contributed by atoms with van der Waals surface area (Å²) >= 11 is 0. The first-order chi connectivity index (χ1) is 7.36. The molecule has 0 spiro atoms. The molecule has 1 aliphatic rings. The predicted molar refractivity (Wildman–Crippen MR) is 53.2 cm³/mol. The lowest BCUT2D eigenvalue weighted by atomic mass is 10.3. The van der Waals surface area contributed by atoms with Gasteiger partial charge in [0.1, 0.15) is 11.9 Å². The lowest BCUT2D eigenvalue weighted by molar-refractivity contribution is -0.134. The molecule has 0 aromatic carbocycles. The normalized spacial score (nSPS) is 21.2. The van der Waals surface area contributed by atoms with Gasteiger partial charge in [0.05, 0.1) is 19.4 Å². The second-order valence-electron chi connectivity index (χ2n) is 3.36. The molecule has 5 nitrogen and oxygen atoms in total. The van der Waals surface area contributed by atoms with Crippen molar-refractivity contribution >= 4 is 5.91 Å². The Labute approximate surface area is 87.8 Å².